The molecule has 1 fully saturated rings. The highest BCUT2D eigenvalue weighted by molar-refractivity contribution is 5.79. The molecule has 4 unspecified atom stereocenters. The van der Waals surface area contributed by atoms with E-state index in [1.165, 1.54) is 4.90 Å². The van der Waals surface area contributed by atoms with Gasteiger partial charge in [0.1, 0.15) is 0 Å². The van der Waals surface area contributed by atoms with Crippen LogP contribution in [0.15, 0.2) is 18.2 Å². The lowest BCUT2D eigenvalue weighted by Crippen LogP contribution is -2.45. The monoisotopic (exact) mass is 452 g/mol. The SMILES string of the molecule is COCCCOc1cc(CC(CC(N)C(O)CN2CC(O)CC2=O)C(C)C)ccc1OC. The van der Waals surface area contributed by atoms with Crippen molar-refractivity contribution in [3.63, 3.8) is 0 Å². The highest BCUT2D eigenvalue weighted by Crippen LogP contribution is 2.31. The Morgan fingerprint density at radius 3 is 2.56 bits per heavy atom. The second-order valence-electron chi connectivity index (χ2n) is 9.01. The van der Waals surface area contributed by atoms with E-state index in [1.807, 2.05) is 18.2 Å². The molecule has 1 heterocycles. The van der Waals surface area contributed by atoms with Crippen LogP contribution in [-0.2, 0) is 16.0 Å². The van der Waals surface area contributed by atoms with Crippen LogP contribution in [-0.4, -0.2) is 79.8 Å². The Balaban J connectivity index is 1.98. The molecule has 2 rings (SSSR count). The lowest BCUT2D eigenvalue weighted by Gasteiger charge is -2.29. The molecule has 1 aromatic carbocycles. The van der Waals surface area contributed by atoms with Crippen molar-refractivity contribution < 1.29 is 29.2 Å². The van der Waals surface area contributed by atoms with E-state index in [-0.39, 0.29) is 31.3 Å². The summed E-state index contributed by atoms with van der Waals surface area (Å²) in [5.41, 5.74) is 7.45. The van der Waals surface area contributed by atoms with E-state index in [9.17, 15) is 15.0 Å². The highest BCUT2D eigenvalue weighted by Gasteiger charge is 2.31. The number of methoxy groups -OCH3 is 2. The fraction of sp³-hybridized carbons (Fsp3) is 0.708. The summed E-state index contributed by atoms with van der Waals surface area (Å²) in [5.74, 6) is 1.86. The summed E-state index contributed by atoms with van der Waals surface area (Å²) in [7, 11) is 3.29. The van der Waals surface area contributed by atoms with E-state index in [0.717, 1.165) is 18.4 Å². The second-order valence-corrected chi connectivity index (χ2v) is 9.01. The molecule has 32 heavy (non-hydrogen) atoms. The fourth-order valence-corrected chi connectivity index (χ4v) is 4.04. The van der Waals surface area contributed by atoms with E-state index >= 15 is 0 Å². The number of hydrogen-bond donors (Lipinski definition) is 3. The van der Waals surface area contributed by atoms with Gasteiger partial charge >= 0.3 is 0 Å². The Hall–Kier alpha value is -1.87. The number of aliphatic hydroxyl groups excluding tert-OH is 2. The molecule has 4 atom stereocenters. The number of likely N-dealkylation sites (tertiary alicyclic amines) is 1. The summed E-state index contributed by atoms with van der Waals surface area (Å²) in [6, 6.07) is 5.49. The molecule has 8 nitrogen and oxygen atoms in total. The number of ether oxygens (including phenoxy) is 3. The van der Waals surface area contributed by atoms with Gasteiger partial charge in [0.25, 0.3) is 0 Å². The maximum atomic E-state index is 11.9. The van der Waals surface area contributed by atoms with Crippen LogP contribution in [0.5, 0.6) is 11.5 Å². The number of carbonyl (C=O) groups is 1. The zero-order valence-corrected chi connectivity index (χ0v) is 19.8. The molecule has 1 saturated heterocycles. The molecule has 1 aromatic rings. The molecule has 1 amide bonds. The molecular formula is C24H40N2O6. The van der Waals surface area contributed by atoms with Crippen LogP contribution in [0.25, 0.3) is 0 Å². The van der Waals surface area contributed by atoms with E-state index in [2.05, 4.69) is 13.8 Å². The molecule has 182 valence electrons. The predicted octanol–water partition coefficient (Wildman–Crippen LogP) is 1.60. The third-order valence-electron chi connectivity index (χ3n) is 6.09. The van der Waals surface area contributed by atoms with Crippen molar-refractivity contribution in [2.24, 2.45) is 17.6 Å². The Morgan fingerprint density at radius 1 is 1.22 bits per heavy atom. The number of aliphatic hydroxyl groups is 2. The minimum atomic E-state index is -0.832. The minimum absolute atomic E-state index is 0.115. The Labute approximate surface area is 191 Å². The van der Waals surface area contributed by atoms with Gasteiger partial charge in [-0.25, -0.2) is 0 Å². The van der Waals surface area contributed by atoms with E-state index < -0.39 is 18.2 Å². The van der Waals surface area contributed by atoms with Gasteiger partial charge in [-0.3, -0.25) is 4.79 Å². The lowest BCUT2D eigenvalue weighted by molar-refractivity contribution is -0.129. The predicted molar refractivity (Wildman–Crippen MR) is 123 cm³/mol. The van der Waals surface area contributed by atoms with Gasteiger partial charge in [0.2, 0.25) is 5.91 Å². The minimum Gasteiger partial charge on any atom is -0.493 e. The van der Waals surface area contributed by atoms with Crippen molar-refractivity contribution in [2.45, 2.75) is 57.8 Å². The van der Waals surface area contributed by atoms with Crippen LogP contribution in [0.3, 0.4) is 0 Å². The Morgan fingerprint density at radius 2 is 1.97 bits per heavy atom. The fourth-order valence-electron chi connectivity index (χ4n) is 4.04. The molecule has 0 bridgehead atoms. The molecule has 0 aromatic heterocycles. The van der Waals surface area contributed by atoms with Gasteiger partial charge in [0.05, 0.1) is 32.3 Å². The van der Waals surface area contributed by atoms with Gasteiger partial charge in [0.15, 0.2) is 11.5 Å². The van der Waals surface area contributed by atoms with Gasteiger partial charge in [-0.15, -0.1) is 0 Å². The number of carbonyl (C=O) groups excluding carboxylic acids is 1. The normalized spacial score (nSPS) is 19.3. The summed E-state index contributed by atoms with van der Waals surface area (Å²) in [4.78, 5) is 13.4. The number of nitrogens with two attached hydrogens (primary N) is 1. The summed E-state index contributed by atoms with van der Waals surface area (Å²) < 4.78 is 16.4. The molecule has 1 aliphatic heterocycles. The number of hydrogen-bond acceptors (Lipinski definition) is 7. The molecule has 0 saturated carbocycles. The largest absolute Gasteiger partial charge is 0.493 e. The molecule has 0 radical (unpaired) electrons. The van der Waals surface area contributed by atoms with Crippen molar-refractivity contribution in [3.05, 3.63) is 23.8 Å². The first kappa shape index (κ1) is 26.4. The number of amides is 1. The summed E-state index contributed by atoms with van der Waals surface area (Å²) in [6.45, 7) is 5.90. The number of β-amino-alcohol motifs (C(OH)–C–C–N with tert-alkyl or cyclic N) is 2. The molecule has 0 spiro atoms. The molecule has 8 heteroatoms. The van der Waals surface area contributed by atoms with Crippen molar-refractivity contribution in [1.82, 2.24) is 4.90 Å². The van der Waals surface area contributed by atoms with Crippen molar-refractivity contribution >= 4 is 5.91 Å². The van der Waals surface area contributed by atoms with Gasteiger partial charge < -0.3 is 35.1 Å². The lowest BCUT2D eigenvalue weighted by atomic mass is 9.83. The third-order valence-corrected chi connectivity index (χ3v) is 6.09. The van der Waals surface area contributed by atoms with E-state index in [1.54, 1.807) is 14.2 Å². The van der Waals surface area contributed by atoms with Crippen LogP contribution in [0.1, 0.15) is 38.7 Å². The molecule has 4 N–H and O–H groups in total. The summed E-state index contributed by atoms with van der Waals surface area (Å²) in [6.07, 6.45) is 0.833. The van der Waals surface area contributed by atoms with E-state index in [4.69, 9.17) is 19.9 Å². The van der Waals surface area contributed by atoms with Gasteiger partial charge in [-0.05, 0) is 42.4 Å². The average molecular weight is 453 g/mol. The third kappa shape index (κ3) is 7.92. The topological polar surface area (TPSA) is 114 Å². The summed E-state index contributed by atoms with van der Waals surface area (Å²) in [5, 5.41) is 20.2. The first-order chi connectivity index (χ1) is 15.2. The van der Waals surface area contributed by atoms with Crippen LogP contribution in [0.2, 0.25) is 0 Å². The number of benzene rings is 1. The smallest absolute Gasteiger partial charge is 0.225 e. The Bertz CT molecular complexity index is 714. The average Bonchev–Trinajstić information content (AvgIpc) is 3.07. The number of nitrogens with zero attached hydrogens (tertiary/aromatic N) is 1. The molecular weight excluding hydrogens is 412 g/mol. The first-order valence-electron chi connectivity index (χ1n) is 11.4. The van der Waals surface area contributed by atoms with Crippen molar-refractivity contribution in [2.75, 3.05) is 40.5 Å². The van der Waals surface area contributed by atoms with Gasteiger partial charge in [-0.2, -0.15) is 0 Å². The van der Waals surface area contributed by atoms with Crippen LogP contribution >= 0.6 is 0 Å². The zero-order chi connectivity index (χ0) is 23.7. The molecule has 0 aliphatic carbocycles. The summed E-state index contributed by atoms with van der Waals surface area (Å²) >= 11 is 0. The van der Waals surface area contributed by atoms with Crippen LogP contribution in [0, 0.1) is 11.8 Å². The molecule has 1 aliphatic rings. The first-order valence-corrected chi connectivity index (χ1v) is 11.4. The van der Waals surface area contributed by atoms with Gasteiger partial charge in [0, 0.05) is 39.3 Å². The van der Waals surface area contributed by atoms with E-state index in [0.29, 0.717) is 37.1 Å². The number of rotatable bonds is 14. The maximum Gasteiger partial charge on any atom is 0.225 e. The second kappa shape index (κ2) is 13.0. The highest BCUT2D eigenvalue weighted by atomic mass is 16.5. The van der Waals surface area contributed by atoms with Crippen LogP contribution < -0.4 is 15.2 Å². The van der Waals surface area contributed by atoms with Crippen molar-refractivity contribution in [1.29, 1.82) is 0 Å². The zero-order valence-electron chi connectivity index (χ0n) is 19.8. The Kier molecular flexibility index (Phi) is 10.7. The quantitative estimate of drug-likeness (QED) is 0.367. The standard InChI is InChI=1S/C24H40N2O6/c1-16(2)18(12-20(25)21(28)15-26-14-19(27)13-24(26)29)10-17-6-7-22(31-4)23(11-17)32-9-5-8-30-3/h6-7,11,16,18-21,27-28H,5,8-10,12-15,25H2,1-4H3. The van der Waals surface area contributed by atoms with Gasteiger partial charge in [-0.1, -0.05) is 19.9 Å². The van der Waals surface area contributed by atoms with Crippen LogP contribution in [0.4, 0.5) is 0 Å². The van der Waals surface area contributed by atoms with Crippen molar-refractivity contribution in [3.8, 4) is 11.5 Å². The maximum absolute atomic E-state index is 11.9.